The summed E-state index contributed by atoms with van der Waals surface area (Å²) in [4.78, 5) is 17.1. The van der Waals surface area contributed by atoms with Gasteiger partial charge in [0, 0.05) is 12.1 Å². The number of hydrogen-bond acceptors (Lipinski definition) is 5. The summed E-state index contributed by atoms with van der Waals surface area (Å²) in [5, 5.41) is 0. The number of benzene rings is 1. The molecule has 3 aromatic rings. The molecule has 0 N–H and O–H groups in total. The zero-order chi connectivity index (χ0) is 17.6. The van der Waals surface area contributed by atoms with Gasteiger partial charge in [0.25, 0.3) is 5.91 Å². The largest absolute Gasteiger partial charge is 0.454 e. The second-order valence-electron chi connectivity index (χ2n) is 5.00. The van der Waals surface area contributed by atoms with Gasteiger partial charge in [-0.1, -0.05) is 40.5 Å². The van der Waals surface area contributed by atoms with E-state index in [0.29, 0.717) is 25.0 Å². The van der Waals surface area contributed by atoms with Gasteiger partial charge >= 0.3 is 0 Å². The highest BCUT2D eigenvalue weighted by atomic mass is 35.5. The first-order valence-corrected chi connectivity index (χ1v) is 9.36. The van der Waals surface area contributed by atoms with Gasteiger partial charge in [-0.2, -0.15) is 4.99 Å². The van der Waals surface area contributed by atoms with Crippen molar-refractivity contribution in [2.45, 2.75) is 6.54 Å². The van der Waals surface area contributed by atoms with E-state index in [1.807, 2.05) is 12.1 Å². The fourth-order valence-corrected chi connectivity index (χ4v) is 4.91. The summed E-state index contributed by atoms with van der Waals surface area (Å²) in [6.45, 7) is 0.457. The molecule has 0 unspecified atom stereocenters. The third-order valence-corrected chi connectivity index (χ3v) is 6.04. The molecule has 25 heavy (non-hydrogen) atoms. The van der Waals surface area contributed by atoms with E-state index in [0.717, 1.165) is 21.6 Å². The molecular formula is C16H8Cl2N2O3S2. The Morgan fingerprint density at radius 2 is 2.04 bits per heavy atom. The zero-order valence-electron chi connectivity index (χ0n) is 12.4. The number of fused-ring (bicyclic) bond motifs is 2. The molecule has 5 nitrogen and oxygen atoms in total. The summed E-state index contributed by atoms with van der Waals surface area (Å²) < 4.78 is 14.2. The number of hydrogen-bond donors (Lipinski definition) is 0. The lowest BCUT2D eigenvalue weighted by atomic mass is 10.3. The Kier molecular flexibility index (Phi) is 4.21. The minimum absolute atomic E-state index is 0.189. The van der Waals surface area contributed by atoms with Crippen molar-refractivity contribution in [2.24, 2.45) is 4.99 Å². The molecule has 0 radical (unpaired) electrons. The second-order valence-corrected chi connectivity index (χ2v) is 8.30. The Bertz CT molecular complexity index is 1120. The van der Waals surface area contributed by atoms with Crippen molar-refractivity contribution in [1.82, 2.24) is 4.57 Å². The van der Waals surface area contributed by atoms with Gasteiger partial charge in [0.2, 0.25) is 6.79 Å². The molecular weight excluding hydrogens is 403 g/mol. The van der Waals surface area contributed by atoms with Gasteiger partial charge in [-0.15, -0.1) is 17.8 Å². The third-order valence-electron chi connectivity index (χ3n) is 3.51. The van der Waals surface area contributed by atoms with E-state index in [1.165, 1.54) is 17.4 Å². The predicted molar refractivity (Wildman–Crippen MR) is 99.0 cm³/mol. The normalized spacial score (nSPS) is 13.4. The van der Waals surface area contributed by atoms with Gasteiger partial charge in [0.15, 0.2) is 16.3 Å². The van der Waals surface area contributed by atoms with Crippen LogP contribution in [0.1, 0.15) is 10.4 Å². The highest BCUT2D eigenvalue weighted by Gasteiger charge is 2.19. The molecule has 0 fully saturated rings. The minimum Gasteiger partial charge on any atom is -0.454 e. The maximum Gasteiger partial charge on any atom is 0.282 e. The second kappa shape index (κ2) is 6.39. The van der Waals surface area contributed by atoms with Crippen LogP contribution in [0.5, 0.6) is 11.5 Å². The van der Waals surface area contributed by atoms with Crippen molar-refractivity contribution < 1.29 is 14.3 Å². The topological polar surface area (TPSA) is 52.8 Å². The molecule has 0 atom stereocenters. The lowest BCUT2D eigenvalue weighted by Gasteiger charge is -2.01. The third kappa shape index (κ3) is 2.92. The number of carbonyl (C=O) groups is 1. The molecule has 0 bridgehead atoms. The average molecular weight is 411 g/mol. The summed E-state index contributed by atoms with van der Waals surface area (Å²) in [5.41, 5.74) is 1.10. The number of rotatable bonds is 2. The van der Waals surface area contributed by atoms with E-state index in [9.17, 15) is 4.79 Å². The Morgan fingerprint density at radius 1 is 1.28 bits per heavy atom. The average Bonchev–Trinajstić information content (AvgIpc) is 3.24. The van der Waals surface area contributed by atoms with Gasteiger partial charge in [-0.05, 0) is 6.07 Å². The molecule has 1 aromatic carbocycles. The standard InChI is InChI=1S/C16H8Cl2N2O3S2/c1-2-3-20-9-5-10-11(23-7-22-10)6-12(9)24-16(20)19-15(21)8-4-13(17)25-14(8)18/h1,4-6H,3,7H2. The fraction of sp³-hybridized carbons (Fsp3) is 0.125. The molecule has 0 saturated carbocycles. The maximum absolute atomic E-state index is 12.5. The van der Waals surface area contributed by atoms with E-state index in [4.69, 9.17) is 39.1 Å². The lowest BCUT2D eigenvalue weighted by molar-refractivity contribution is 0.0998. The molecule has 1 amide bonds. The number of ether oxygens (including phenoxy) is 2. The van der Waals surface area contributed by atoms with Crippen LogP contribution in [-0.4, -0.2) is 17.3 Å². The van der Waals surface area contributed by atoms with Crippen molar-refractivity contribution in [1.29, 1.82) is 0 Å². The SMILES string of the molecule is C#CCn1c(=NC(=O)c2cc(Cl)sc2Cl)sc2cc3c(cc21)OCO3. The number of halogens is 2. The maximum atomic E-state index is 12.5. The van der Waals surface area contributed by atoms with Crippen LogP contribution in [0, 0.1) is 12.3 Å². The Balaban J connectivity index is 1.89. The van der Waals surface area contributed by atoms with Crippen molar-refractivity contribution in [3.8, 4) is 23.8 Å². The first kappa shape index (κ1) is 16.5. The lowest BCUT2D eigenvalue weighted by Crippen LogP contribution is -2.16. The van der Waals surface area contributed by atoms with Crippen LogP contribution in [0.25, 0.3) is 10.2 Å². The Labute approximate surface area is 160 Å². The fourth-order valence-electron chi connectivity index (χ4n) is 2.42. The number of amides is 1. The molecule has 0 spiro atoms. The summed E-state index contributed by atoms with van der Waals surface area (Å²) in [6.07, 6.45) is 5.48. The minimum atomic E-state index is -0.467. The molecule has 2 aromatic heterocycles. The monoisotopic (exact) mass is 410 g/mol. The van der Waals surface area contributed by atoms with E-state index in [1.54, 1.807) is 4.57 Å². The predicted octanol–water partition coefficient (Wildman–Crippen LogP) is 4.17. The first-order chi connectivity index (χ1) is 12.1. The smallest absolute Gasteiger partial charge is 0.282 e. The molecule has 3 heterocycles. The number of terminal acetylenes is 1. The zero-order valence-corrected chi connectivity index (χ0v) is 15.6. The number of nitrogens with zero attached hydrogens (tertiary/aromatic N) is 2. The van der Waals surface area contributed by atoms with Crippen LogP contribution >= 0.6 is 45.9 Å². The molecule has 0 saturated heterocycles. The molecule has 0 aliphatic carbocycles. The first-order valence-electron chi connectivity index (χ1n) is 6.97. The summed E-state index contributed by atoms with van der Waals surface area (Å²) in [7, 11) is 0. The van der Waals surface area contributed by atoms with Crippen molar-refractivity contribution in [2.75, 3.05) is 6.79 Å². The van der Waals surface area contributed by atoms with Crippen LogP contribution < -0.4 is 14.3 Å². The van der Waals surface area contributed by atoms with Crippen molar-refractivity contribution in [3.05, 3.63) is 37.2 Å². The van der Waals surface area contributed by atoms with E-state index >= 15 is 0 Å². The van der Waals surface area contributed by atoms with Gasteiger partial charge < -0.3 is 14.0 Å². The number of thiazole rings is 1. The van der Waals surface area contributed by atoms with Crippen molar-refractivity contribution >= 4 is 62.0 Å². The Morgan fingerprint density at radius 3 is 2.72 bits per heavy atom. The molecule has 9 heteroatoms. The number of aromatic nitrogens is 1. The van der Waals surface area contributed by atoms with Crippen LogP contribution in [0.4, 0.5) is 0 Å². The van der Waals surface area contributed by atoms with Gasteiger partial charge in [-0.3, -0.25) is 4.79 Å². The molecule has 4 rings (SSSR count). The highest BCUT2D eigenvalue weighted by Crippen LogP contribution is 2.37. The number of carbonyl (C=O) groups excluding carboxylic acids is 1. The van der Waals surface area contributed by atoms with Crippen LogP contribution in [-0.2, 0) is 6.54 Å². The van der Waals surface area contributed by atoms with E-state index in [-0.39, 0.29) is 18.9 Å². The quantitative estimate of drug-likeness (QED) is 0.595. The highest BCUT2D eigenvalue weighted by molar-refractivity contribution is 7.20. The van der Waals surface area contributed by atoms with Gasteiger partial charge in [0.05, 0.1) is 26.7 Å². The molecule has 1 aliphatic rings. The van der Waals surface area contributed by atoms with E-state index < -0.39 is 5.91 Å². The summed E-state index contributed by atoms with van der Waals surface area (Å²) in [6, 6.07) is 5.20. The summed E-state index contributed by atoms with van der Waals surface area (Å²) in [5.74, 6) is 3.41. The van der Waals surface area contributed by atoms with Gasteiger partial charge in [-0.25, -0.2) is 0 Å². The molecule has 126 valence electrons. The molecule has 1 aliphatic heterocycles. The summed E-state index contributed by atoms with van der Waals surface area (Å²) >= 11 is 14.4. The van der Waals surface area contributed by atoms with Crippen LogP contribution in [0.3, 0.4) is 0 Å². The van der Waals surface area contributed by atoms with Crippen molar-refractivity contribution in [3.63, 3.8) is 0 Å². The van der Waals surface area contributed by atoms with Crippen LogP contribution in [0.2, 0.25) is 8.67 Å². The number of thiophene rings is 1. The van der Waals surface area contributed by atoms with E-state index in [2.05, 4.69) is 10.9 Å². The van der Waals surface area contributed by atoms with Crippen LogP contribution in [0.15, 0.2) is 23.2 Å². The Hall–Kier alpha value is -1.98. The van der Waals surface area contributed by atoms with Gasteiger partial charge in [0.1, 0.15) is 4.34 Å².